The molecule has 0 saturated carbocycles. The molecule has 21 heavy (non-hydrogen) atoms. The van der Waals surface area contributed by atoms with Crippen LogP contribution in [0.25, 0.3) is 6.08 Å². The lowest BCUT2D eigenvalue weighted by Gasteiger charge is -2.23. The zero-order valence-electron chi connectivity index (χ0n) is 10.9. The van der Waals surface area contributed by atoms with Crippen LogP contribution in [0.2, 0.25) is 0 Å². The third-order valence-corrected chi connectivity index (χ3v) is 4.25. The van der Waals surface area contributed by atoms with Crippen molar-refractivity contribution in [1.82, 2.24) is 4.90 Å². The van der Waals surface area contributed by atoms with Crippen molar-refractivity contribution in [2.45, 2.75) is 13.0 Å². The molecule has 0 N–H and O–H groups in total. The van der Waals surface area contributed by atoms with Crippen molar-refractivity contribution < 1.29 is 19.5 Å². The number of carbonyl (C=O) groups is 3. The summed E-state index contributed by atoms with van der Waals surface area (Å²) in [6.45, 7) is 1.35. The summed E-state index contributed by atoms with van der Waals surface area (Å²) in [4.78, 5) is 35.0. The Morgan fingerprint density at radius 2 is 1.90 bits per heavy atom. The van der Waals surface area contributed by atoms with Gasteiger partial charge >= 0.3 is 0 Å². The molecule has 0 bridgehead atoms. The standard InChI is InChI=1S/C14H11NO4S2/c1-8(13(18)19)15-12(17)11(21-14(15)20)6-9-2-4-10(7-16)5-3-9/h2-8H,1H3,(H,18,19)/p-1/b11-6-/t8-/m0/s1. The van der Waals surface area contributed by atoms with E-state index in [1.54, 1.807) is 30.3 Å². The number of hydrogen-bond donors (Lipinski definition) is 0. The molecule has 1 aromatic rings. The van der Waals surface area contributed by atoms with Gasteiger partial charge in [0.25, 0.3) is 5.91 Å². The fraction of sp³-hybridized carbons (Fsp3) is 0.143. The summed E-state index contributed by atoms with van der Waals surface area (Å²) in [5.74, 6) is -1.82. The van der Waals surface area contributed by atoms with Crippen LogP contribution < -0.4 is 5.11 Å². The van der Waals surface area contributed by atoms with Crippen molar-refractivity contribution in [3.8, 4) is 0 Å². The Hall–Kier alpha value is -1.99. The van der Waals surface area contributed by atoms with Crippen LogP contribution in [-0.4, -0.2) is 33.4 Å². The van der Waals surface area contributed by atoms with Crippen molar-refractivity contribution >= 4 is 52.5 Å². The van der Waals surface area contributed by atoms with E-state index in [4.69, 9.17) is 12.2 Å². The Morgan fingerprint density at radius 3 is 2.43 bits per heavy atom. The van der Waals surface area contributed by atoms with E-state index >= 15 is 0 Å². The van der Waals surface area contributed by atoms with E-state index in [-0.39, 0.29) is 4.32 Å². The Morgan fingerprint density at radius 1 is 1.33 bits per heavy atom. The molecule has 1 aromatic carbocycles. The highest BCUT2D eigenvalue weighted by Gasteiger charge is 2.35. The summed E-state index contributed by atoms with van der Waals surface area (Å²) in [5.41, 5.74) is 1.26. The largest absolute Gasteiger partial charge is 0.548 e. The molecule has 1 amide bonds. The molecule has 1 aliphatic rings. The lowest BCUT2D eigenvalue weighted by molar-refractivity contribution is -0.309. The number of aliphatic carboxylic acids is 1. The van der Waals surface area contributed by atoms with Crippen LogP contribution in [0.3, 0.4) is 0 Å². The first kappa shape index (κ1) is 15.4. The summed E-state index contributed by atoms with van der Waals surface area (Å²) in [7, 11) is 0. The monoisotopic (exact) mass is 320 g/mol. The summed E-state index contributed by atoms with van der Waals surface area (Å²) in [6, 6.07) is 5.53. The second-order valence-corrected chi connectivity index (χ2v) is 6.01. The van der Waals surface area contributed by atoms with Gasteiger partial charge in [0.1, 0.15) is 10.6 Å². The number of hydrogen-bond acceptors (Lipinski definition) is 6. The predicted octanol–water partition coefficient (Wildman–Crippen LogP) is 0.839. The van der Waals surface area contributed by atoms with Crippen LogP contribution in [0.1, 0.15) is 22.8 Å². The molecule has 2 rings (SSSR count). The summed E-state index contributed by atoms with van der Waals surface area (Å²) < 4.78 is 0.187. The SMILES string of the molecule is C[C@@H](C(=O)[O-])N1C(=O)/C(=C/c2ccc(C=O)cc2)SC1=S. The van der Waals surface area contributed by atoms with Gasteiger partial charge in [-0.15, -0.1) is 0 Å². The van der Waals surface area contributed by atoms with Gasteiger partial charge in [-0.3, -0.25) is 14.5 Å². The van der Waals surface area contributed by atoms with E-state index < -0.39 is 17.9 Å². The van der Waals surface area contributed by atoms with E-state index in [2.05, 4.69) is 0 Å². The summed E-state index contributed by atoms with van der Waals surface area (Å²) in [5, 5.41) is 10.9. The number of carboxylic acids is 1. The van der Waals surface area contributed by atoms with Crippen LogP contribution in [-0.2, 0) is 9.59 Å². The van der Waals surface area contributed by atoms with E-state index in [1.165, 1.54) is 6.92 Å². The van der Waals surface area contributed by atoms with Gasteiger partial charge in [-0.05, 0) is 18.6 Å². The quantitative estimate of drug-likeness (QED) is 0.465. The average molecular weight is 320 g/mol. The van der Waals surface area contributed by atoms with Gasteiger partial charge in [0.2, 0.25) is 0 Å². The molecule has 7 heteroatoms. The van der Waals surface area contributed by atoms with Gasteiger partial charge in [-0.25, -0.2) is 0 Å². The number of thioether (sulfide) groups is 1. The highest BCUT2D eigenvalue weighted by molar-refractivity contribution is 8.26. The minimum Gasteiger partial charge on any atom is -0.548 e. The van der Waals surface area contributed by atoms with Crippen molar-refractivity contribution in [2.75, 3.05) is 0 Å². The molecule has 0 spiro atoms. The first-order valence-electron chi connectivity index (χ1n) is 5.97. The second-order valence-electron chi connectivity index (χ2n) is 4.33. The second kappa shape index (κ2) is 6.19. The highest BCUT2D eigenvalue weighted by atomic mass is 32.2. The number of nitrogens with zero attached hydrogens (tertiary/aromatic N) is 1. The zero-order chi connectivity index (χ0) is 15.6. The number of amides is 1. The molecule has 1 heterocycles. The van der Waals surface area contributed by atoms with Crippen molar-refractivity contribution in [1.29, 1.82) is 0 Å². The molecular formula is C14H10NO4S2-. The highest BCUT2D eigenvalue weighted by Crippen LogP contribution is 2.33. The molecule has 1 aliphatic heterocycles. The molecular weight excluding hydrogens is 310 g/mol. The number of rotatable bonds is 4. The van der Waals surface area contributed by atoms with Gasteiger partial charge in [0, 0.05) is 5.56 Å². The van der Waals surface area contributed by atoms with Crippen LogP contribution in [0, 0.1) is 0 Å². The van der Waals surface area contributed by atoms with Crippen molar-refractivity contribution in [3.63, 3.8) is 0 Å². The third-order valence-electron chi connectivity index (χ3n) is 2.92. The maximum absolute atomic E-state index is 12.2. The van der Waals surface area contributed by atoms with Crippen molar-refractivity contribution in [3.05, 3.63) is 40.3 Å². The summed E-state index contributed by atoms with van der Waals surface area (Å²) >= 11 is 6.08. The lowest BCUT2D eigenvalue weighted by Crippen LogP contribution is -2.48. The van der Waals surface area contributed by atoms with Crippen LogP contribution in [0.4, 0.5) is 0 Å². The first-order valence-corrected chi connectivity index (χ1v) is 7.19. The fourth-order valence-electron chi connectivity index (χ4n) is 1.74. The van der Waals surface area contributed by atoms with Crippen molar-refractivity contribution in [2.24, 2.45) is 0 Å². The van der Waals surface area contributed by atoms with E-state index in [0.29, 0.717) is 10.5 Å². The molecule has 1 saturated heterocycles. The van der Waals surface area contributed by atoms with Gasteiger partial charge in [0.05, 0.1) is 16.9 Å². The van der Waals surface area contributed by atoms with E-state index in [9.17, 15) is 19.5 Å². The molecule has 0 radical (unpaired) electrons. The Kier molecular flexibility index (Phi) is 4.54. The average Bonchev–Trinajstić information content (AvgIpc) is 2.73. The van der Waals surface area contributed by atoms with Gasteiger partial charge in [-0.1, -0.05) is 48.2 Å². The third kappa shape index (κ3) is 3.20. The lowest BCUT2D eigenvalue weighted by atomic mass is 10.1. The maximum atomic E-state index is 12.2. The van der Waals surface area contributed by atoms with Crippen LogP contribution in [0.15, 0.2) is 29.2 Å². The Labute approximate surface area is 130 Å². The Bertz CT molecular complexity index is 651. The van der Waals surface area contributed by atoms with Gasteiger partial charge < -0.3 is 9.90 Å². The number of thiocarbonyl (C=S) groups is 1. The van der Waals surface area contributed by atoms with Crippen LogP contribution in [0.5, 0.6) is 0 Å². The van der Waals surface area contributed by atoms with E-state index in [1.807, 2.05) is 0 Å². The Balaban J connectivity index is 2.27. The zero-order valence-corrected chi connectivity index (χ0v) is 12.6. The normalized spacial score (nSPS) is 18.1. The molecule has 0 aromatic heterocycles. The van der Waals surface area contributed by atoms with E-state index in [0.717, 1.165) is 28.5 Å². The van der Waals surface area contributed by atoms with Crippen LogP contribution >= 0.6 is 24.0 Å². The number of carbonyl (C=O) groups excluding carboxylic acids is 3. The smallest absolute Gasteiger partial charge is 0.266 e. The minimum absolute atomic E-state index is 0.187. The molecule has 1 atom stereocenters. The first-order chi connectivity index (χ1) is 9.93. The number of carboxylic acid groups (broad SMARTS) is 1. The number of benzene rings is 1. The molecule has 1 fully saturated rings. The van der Waals surface area contributed by atoms with Gasteiger partial charge in [0.15, 0.2) is 0 Å². The summed E-state index contributed by atoms with van der Waals surface area (Å²) in [6.07, 6.45) is 2.33. The maximum Gasteiger partial charge on any atom is 0.266 e. The fourth-order valence-corrected chi connectivity index (χ4v) is 3.16. The predicted molar refractivity (Wildman–Crippen MR) is 81.3 cm³/mol. The molecule has 108 valence electrons. The minimum atomic E-state index is -1.36. The molecule has 0 aliphatic carbocycles. The molecule has 5 nitrogen and oxygen atoms in total. The van der Waals surface area contributed by atoms with Gasteiger partial charge in [-0.2, -0.15) is 0 Å². The topological polar surface area (TPSA) is 77.5 Å². The molecule has 0 unspecified atom stereocenters. The number of aldehydes is 1.